The second-order valence-electron chi connectivity index (χ2n) is 11.3. The zero-order chi connectivity index (χ0) is 33.2. The number of benzene rings is 8. The monoisotopic (exact) mass is 576 g/mol. The summed E-state index contributed by atoms with van der Waals surface area (Å²) < 4.78 is 43.5. The molecule has 1 heteroatoms. The maximum absolute atomic E-state index is 9.42. The molecule has 0 saturated carbocycles. The molecule has 0 spiro atoms. The molecule has 0 bridgehead atoms. The fraction of sp³-hybridized carbons (Fsp3) is 0. The van der Waals surface area contributed by atoms with Gasteiger partial charge in [-0.2, -0.15) is 0 Å². The van der Waals surface area contributed by atoms with Crippen LogP contribution in [0.4, 0.5) is 0 Å². The summed E-state index contributed by atoms with van der Waals surface area (Å²) >= 11 is 0. The van der Waals surface area contributed by atoms with Crippen LogP contribution >= 0.6 is 0 Å². The van der Waals surface area contributed by atoms with Crippen molar-refractivity contribution in [1.29, 1.82) is 0 Å². The first-order valence-electron chi connectivity index (χ1n) is 17.1. The summed E-state index contributed by atoms with van der Waals surface area (Å²) in [4.78, 5) is 0. The van der Waals surface area contributed by atoms with E-state index >= 15 is 0 Å². The Kier molecular flexibility index (Phi) is 5.00. The second-order valence-corrected chi connectivity index (χ2v) is 11.3. The molecule has 0 atom stereocenters. The Bertz CT molecular complexity index is 2720. The van der Waals surface area contributed by atoms with E-state index in [1.165, 1.54) is 0 Å². The predicted molar refractivity (Wildman–Crippen MR) is 190 cm³/mol. The fourth-order valence-electron chi connectivity index (χ4n) is 6.72. The molecule has 0 N–H and O–H groups in total. The molecule has 0 saturated heterocycles. The molecule has 0 fully saturated rings. The maximum atomic E-state index is 9.42. The van der Waals surface area contributed by atoms with Gasteiger partial charge in [0, 0.05) is 10.8 Å². The smallest absolute Gasteiger partial charge is 0.136 e. The van der Waals surface area contributed by atoms with Gasteiger partial charge in [-0.3, -0.25) is 0 Å². The summed E-state index contributed by atoms with van der Waals surface area (Å²) in [5.41, 5.74) is 7.67. The van der Waals surface area contributed by atoms with Crippen molar-refractivity contribution in [1.82, 2.24) is 0 Å². The average molecular weight is 577 g/mol. The fourth-order valence-corrected chi connectivity index (χ4v) is 6.72. The Balaban J connectivity index is 1.46. The first-order chi connectivity index (χ1) is 24.0. The van der Waals surface area contributed by atoms with E-state index in [0.29, 0.717) is 22.3 Å². The molecule has 0 amide bonds. The van der Waals surface area contributed by atoms with Crippen molar-refractivity contribution >= 4 is 43.5 Å². The Labute approximate surface area is 267 Å². The van der Waals surface area contributed by atoms with Gasteiger partial charge >= 0.3 is 0 Å². The van der Waals surface area contributed by atoms with Gasteiger partial charge in [-0.15, -0.1) is 0 Å². The van der Waals surface area contributed by atoms with Crippen molar-refractivity contribution in [2.24, 2.45) is 0 Å². The lowest BCUT2D eigenvalue weighted by molar-refractivity contribution is 0.669. The van der Waals surface area contributed by atoms with E-state index in [1.807, 2.05) is 97.1 Å². The molecule has 9 rings (SSSR count). The minimum absolute atomic E-state index is 0.0580. The molecular formula is C44H28O. The largest absolute Gasteiger partial charge is 0.456 e. The Morgan fingerprint density at radius 1 is 0.356 bits per heavy atom. The molecule has 0 aliphatic carbocycles. The molecule has 0 aliphatic heterocycles. The van der Waals surface area contributed by atoms with Crippen molar-refractivity contribution in [3.05, 3.63) is 170 Å². The molecular weight excluding hydrogens is 544 g/mol. The van der Waals surface area contributed by atoms with Crippen LogP contribution in [0.15, 0.2) is 174 Å². The van der Waals surface area contributed by atoms with Crippen molar-refractivity contribution in [2.75, 3.05) is 0 Å². The topological polar surface area (TPSA) is 13.1 Å². The van der Waals surface area contributed by atoms with Crippen molar-refractivity contribution in [3.63, 3.8) is 0 Å². The molecule has 9 aromatic rings. The minimum Gasteiger partial charge on any atom is -0.456 e. The first kappa shape index (κ1) is 21.7. The van der Waals surface area contributed by atoms with Gasteiger partial charge in [0.2, 0.25) is 0 Å². The van der Waals surface area contributed by atoms with Gasteiger partial charge < -0.3 is 4.42 Å². The van der Waals surface area contributed by atoms with Gasteiger partial charge in [0.05, 0.1) is 5.48 Å². The van der Waals surface area contributed by atoms with Crippen LogP contribution in [0.2, 0.25) is 0 Å². The summed E-state index contributed by atoms with van der Waals surface area (Å²) in [6.45, 7) is 0. The molecule has 0 unspecified atom stereocenters. The standard InChI is InChI=1S/C44H28O/c1-3-12-29(13-4-1)31-22-24-32(25-23-31)42-34-16-7-8-17-35(34)43(36-27-26-33(28-39(36)42)30-14-5-2-6-15-30)38-19-11-21-41-44(38)37-18-9-10-20-40(37)45-41/h1-28H/i22D,23D,24D,25D. The third kappa shape index (κ3) is 4.17. The number of rotatable bonds is 4. The van der Waals surface area contributed by atoms with E-state index in [4.69, 9.17) is 4.42 Å². The van der Waals surface area contributed by atoms with Gasteiger partial charge in [0.15, 0.2) is 0 Å². The third-order valence-corrected chi connectivity index (χ3v) is 8.74. The SMILES string of the molecule is [2H]c1c([2H])c(-c2c3ccccc3c(-c3cccc4oc5ccccc5c34)c3ccc(-c4ccccc4)cc23)c([2H])c([2H])c1-c1ccccc1. The summed E-state index contributed by atoms with van der Waals surface area (Å²) in [5.74, 6) is 0. The van der Waals surface area contributed by atoms with E-state index in [-0.39, 0.29) is 24.2 Å². The highest BCUT2D eigenvalue weighted by Gasteiger charge is 2.20. The highest BCUT2D eigenvalue weighted by Crippen LogP contribution is 2.47. The Hall–Kier alpha value is -5.92. The summed E-state index contributed by atoms with van der Waals surface area (Å²) in [5, 5.41) is 5.68. The maximum Gasteiger partial charge on any atom is 0.136 e. The van der Waals surface area contributed by atoms with Crippen LogP contribution in [0.3, 0.4) is 0 Å². The molecule has 0 radical (unpaired) electrons. The van der Waals surface area contributed by atoms with Crippen molar-refractivity contribution < 1.29 is 9.90 Å². The number of fused-ring (bicyclic) bond motifs is 5. The quantitative estimate of drug-likeness (QED) is 0.190. The lowest BCUT2D eigenvalue weighted by atomic mass is 9.83. The van der Waals surface area contributed by atoms with Crippen LogP contribution in [0, 0.1) is 0 Å². The van der Waals surface area contributed by atoms with E-state index < -0.39 is 0 Å². The molecule has 1 nitrogen and oxygen atoms in total. The number of hydrogen-bond donors (Lipinski definition) is 0. The Morgan fingerprint density at radius 2 is 0.911 bits per heavy atom. The first-order valence-corrected chi connectivity index (χ1v) is 15.1. The van der Waals surface area contributed by atoms with Crippen molar-refractivity contribution in [3.8, 4) is 44.5 Å². The number of para-hydroxylation sites is 1. The Morgan fingerprint density at radius 3 is 1.64 bits per heavy atom. The van der Waals surface area contributed by atoms with E-state index in [1.54, 1.807) is 0 Å². The third-order valence-electron chi connectivity index (χ3n) is 8.74. The molecule has 0 aliphatic rings. The predicted octanol–water partition coefficient (Wildman–Crippen LogP) is 12.6. The van der Waals surface area contributed by atoms with Gasteiger partial charge in [-0.25, -0.2) is 0 Å². The summed E-state index contributed by atoms with van der Waals surface area (Å²) in [7, 11) is 0. The lowest BCUT2D eigenvalue weighted by Gasteiger charge is -2.19. The molecule has 210 valence electrons. The number of furan rings is 1. The zero-order valence-electron chi connectivity index (χ0n) is 28.3. The molecule has 1 heterocycles. The number of hydrogen-bond acceptors (Lipinski definition) is 1. The van der Waals surface area contributed by atoms with Gasteiger partial charge in [0.25, 0.3) is 0 Å². The summed E-state index contributed by atoms with van der Waals surface area (Å²) in [6, 6.07) is 48.0. The molecule has 1 aromatic heterocycles. The van der Waals surface area contributed by atoms with Gasteiger partial charge in [-0.1, -0.05) is 152 Å². The highest BCUT2D eigenvalue weighted by atomic mass is 16.3. The molecule has 8 aromatic carbocycles. The van der Waals surface area contributed by atoms with Gasteiger partial charge in [0.1, 0.15) is 11.2 Å². The highest BCUT2D eigenvalue weighted by molar-refractivity contribution is 6.26. The lowest BCUT2D eigenvalue weighted by Crippen LogP contribution is -1.92. The van der Waals surface area contributed by atoms with Crippen LogP contribution in [0.25, 0.3) is 88.0 Å². The van der Waals surface area contributed by atoms with Crippen molar-refractivity contribution in [2.45, 2.75) is 0 Å². The van der Waals surface area contributed by atoms with E-state index in [0.717, 1.165) is 65.7 Å². The van der Waals surface area contributed by atoms with Crippen LogP contribution < -0.4 is 0 Å². The van der Waals surface area contributed by atoms with Crippen LogP contribution in [0.5, 0.6) is 0 Å². The van der Waals surface area contributed by atoms with Gasteiger partial charge in [-0.05, 0) is 84.3 Å². The molecule has 45 heavy (non-hydrogen) atoms. The average Bonchev–Trinajstić information content (AvgIpc) is 3.54. The van der Waals surface area contributed by atoms with E-state index in [2.05, 4.69) is 48.5 Å². The minimum atomic E-state index is -0.0629. The van der Waals surface area contributed by atoms with Crippen LogP contribution in [-0.2, 0) is 0 Å². The summed E-state index contributed by atoms with van der Waals surface area (Å²) in [6.07, 6.45) is 0. The zero-order valence-corrected chi connectivity index (χ0v) is 24.3. The normalized spacial score (nSPS) is 12.8. The second kappa shape index (κ2) is 10.4. The van der Waals surface area contributed by atoms with E-state index in [9.17, 15) is 5.48 Å². The van der Waals surface area contributed by atoms with Crippen LogP contribution in [-0.4, -0.2) is 0 Å². The van der Waals surface area contributed by atoms with Crippen LogP contribution in [0.1, 0.15) is 5.48 Å².